The number of halogens is 1. The number of hydrogen-bond donors (Lipinski definition) is 1. The van der Waals surface area contributed by atoms with Crippen molar-refractivity contribution >= 4 is 23.2 Å². The molecule has 2 rings (SSSR count). The van der Waals surface area contributed by atoms with Gasteiger partial charge in [0.25, 0.3) is 0 Å². The molecule has 0 saturated heterocycles. The van der Waals surface area contributed by atoms with Gasteiger partial charge in [-0.3, -0.25) is 24.3 Å². The third kappa shape index (κ3) is 3.61. The van der Waals surface area contributed by atoms with Gasteiger partial charge >= 0.3 is 5.69 Å². The van der Waals surface area contributed by atoms with E-state index in [-0.39, 0.29) is 18.1 Å². The van der Waals surface area contributed by atoms with Gasteiger partial charge in [-0.2, -0.15) is 10.2 Å². The van der Waals surface area contributed by atoms with E-state index in [0.717, 1.165) is 0 Å². The van der Waals surface area contributed by atoms with E-state index in [2.05, 4.69) is 15.5 Å². The van der Waals surface area contributed by atoms with Crippen molar-refractivity contribution in [2.75, 3.05) is 6.54 Å². The van der Waals surface area contributed by atoms with Gasteiger partial charge in [0.15, 0.2) is 0 Å². The molecule has 0 aliphatic carbocycles. The third-order valence-electron chi connectivity index (χ3n) is 3.08. The summed E-state index contributed by atoms with van der Waals surface area (Å²) in [5.41, 5.74) is 0.841. The maximum atomic E-state index is 11.7. The van der Waals surface area contributed by atoms with Crippen molar-refractivity contribution in [1.29, 1.82) is 0 Å². The van der Waals surface area contributed by atoms with E-state index in [4.69, 9.17) is 11.6 Å². The van der Waals surface area contributed by atoms with Gasteiger partial charge in [-0.15, -0.1) is 0 Å². The Labute approximate surface area is 131 Å². The first kappa shape index (κ1) is 16.0. The number of hydrogen-bond acceptors (Lipinski definition) is 5. The molecule has 0 spiro atoms. The van der Waals surface area contributed by atoms with E-state index in [1.54, 1.807) is 20.0 Å². The molecule has 0 saturated carbocycles. The minimum atomic E-state index is -0.450. The molecule has 10 heteroatoms. The van der Waals surface area contributed by atoms with Gasteiger partial charge < -0.3 is 5.32 Å². The van der Waals surface area contributed by atoms with Crippen LogP contribution >= 0.6 is 11.6 Å². The molecule has 118 valence electrons. The predicted octanol–water partition coefficient (Wildman–Crippen LogP) is 1.07. The number of nitro groups is 1. The lowest BCUT2D eigenvalue weighted by molar-refractivity contribution is -0.386. The van der Waals surface area contributed by atoms with Crippen LogP contribution in [0.15, 0.2) is 12.4 Å². The summed E-state index contributed by atoms with van der Waals surface area (Å²) < 4.78 is 2.93. The van der Waals surface area contributed by atoms with Crippen molar-refractivity contribution in [1.82, 2.24) is 24.9 Å². The SMILES string of the molecule is Cc1nn(CCNC(=O)Cn2cc(Cl)cn2)c(C)c1[N+](=O)[O-]. The lowest BCUT2D eigenvalue weighted by atomic mass is 10.3. The second-order valence-electron chi connectivity index (χ2n) is 4.71. The van der Waals surface area contributed by atoms with Crippen molar-refractivity contribution in [3.63, 3.8) is 0 Å². The highest BCUT2D eigenvalue weighted by atomic mass is 35.5. The van der Waals surface area contributed by atoms with Crippen molar-refractivity contribution in [3.8, 4) is 0 Å². The number of rotatable bonds is 6. The number of nitrogens with zero attached hydrogens (tertiary/aromatic N) is 5. The zero-order valence-corrected chi connectivity index (χ0v) is 12.9. The normalized spacial score (nSPS) is 10.7. The predicted molar refractivity (Wildman–Crippen MR) is 78.6 cm³/mol. The summed E-state index contributed by atoms with van der Waals surface area (Å²) in [5.74, 6) is -0.226. The molecule has 0 aliphatic rings. The van der Waals surface area contributed by atoms with E-state index in [0.29, 0.717) is 29.5 Å². The highest BCUT2D eigenvalue weighted by Crippen LogP contribution is 2.21. The smallest absolute Gasteiger partial charge is 0.312 e. The Bertz CT molecular complexity index is 708. The lowest BCUT2D eigenvalue weighted by Crippen LogP contribution is -2.31. The molecule has 0 atom stereocenters. The Morgan fingerprint density at radius 1 is 1.50 bits per heavy atom. The monoisotopic (exact) mass is 326 g/mol. The fourth-order valence-corrected chi connectivity index (χ4v) is 2.25. The summed E-state index contributed by atoms with van der Waals surface area (Å²) in [5, 5.41) is 22.1. The van der Waals surface area contributed by atoms with Gasteiger partial charge in [-0.25, -0.2) is 0 Å². The van der Waals surface area contributed by atoms with Gasteiger partial charge in [-0.05, 0) is 13.8 Å². The first-order valence-electron chi connectivity index (χ1n) is 6.51. The zero-order chi connectivity index (χ0) is 16.3. The molecular formula is C12H15ClN6O3. The quantitative estimate of drug-likeness (QED) is 0.631. The molecule has 1 N–H and O–H groups in total. The third-order valence-corrected chi connectivity index (χ3v) is 3.27. The second kappa shape index (κ2) is 6.56. The van der Waals surface area contributed by atoms with Crippen LogP contribution in [0.3, 0.4) is 0 Å². The number of carbonyl (C=O) groups is 1. The molecule has 9 nitrogen and oxygen atoms in total. The van der Waals surface area contributed by atoms with Gasteiger partial charge in [0, 0.05) is 12.7 Å². The van der Waals surface area contributed by atoms with Crippen molar-refractivity contribution in [2.24, 2.45) is 0 Å². The van der Waals surface area contributed by atoms with Crippen LogP contribution in [0.25, 0.3) is 0 Å². The molecule has 0 bridgehead atoms. The fourth-order valence-electron chi connectivity index (χ4n) is 2.10. The average molecular weight is 327 g/mol. The van der Waals surface area contributed by atoms with Crippen LogP contribution in [0, 0.1) is 24.0 Å². The van der Waals surface area contributed by atoms with Gasteiger partial charge in [-0.1, -0.05) is 11.6 Å². The highest BCUT2D eigenvalue weighted by Gasteiger charge is 2.21. The van der Waals surface area contributed by atoms with Crippen molar-refractivity contribution in [2.45, 2.75) is 26.9 Å². The first-order valence-corrected chi connectivity index (χ1v) is 6.89. The number of aromatic nitrogens is 4. The molecule has 2 aromatic heterocycles. The van der Waals surface area contributed by atoms with Crippen LogP contribution in [0.4, 0.5) is 5.69 Å². The molecular weight excluding hydrogens is 312 g/mol. The second-order valence-corrected chi connectivity index (χ2v) is 5.14. The van der Waals surface area contributed by atoms with Crippen molar-refractivity contribution < 1.29 is 9.72 Å². The Balaban J connectivity index is 1.87. The molecule has 22 heavy (non-hydrogen) atoms. The zero-order valence-electron chi connectivity index (χ0n) is 12.1. The minimum absolute atomic E-state index is 0.0116. The molecule has 0 fully saturated rings. The number of carbonyl (C=O) groups excluding carboxylic acids is 1. The summed E-state index contributed by atoms with van der Waals surface area (Å²) in [7, 11) is 0. The molecule has 0 unspecified atom stereocenters. The molecule has 2 aromatic rings. The van der Waals surface area contributed by atoms with Crippen LogP contribution in [0.5, 0.6) is 0 Å². The van der Waals surface area contributed by atoms with E-state index in [9.17, 15) is 14.9 Å². The summed E-state index contributed by atoms with van der Waals surface area (Å²) in [4.78, 5) is 22.2. The molecule has 0 radical (unpaired) electrons. The first-order chi connectivity index (χ1) is 10.4. The number of aryl methyl sites for hydroxylation is 1. The van der Waals surface area contributed by atoms with Crippen molar-refractivity contribution in [3.05, 3.63) is 38.9 Å². The standard InChI is InChI=1S/C12H15ClN6O3/c1-8-12(19(21)22)9(2)18(16-8)4-3-14-11(20)7-17-6-10(13)5-15-17/h5-6H,3-4,7H2,1-2H3,(H,14,20). The molecule has 1 amide bonds. The van der Waals surface area contributed by atoms with Crippen LogP contribution < -0.4 is 5.32 Å². The van der Waals surface area contributed by atoms with Crippen LogP contribution in [0.1, 0.15) is 11.4 Å². The maximum Gasteiger partial charge on any atom is 0.312 e. The Hall–Kier alpha value is -2.42. The van der Waals surface area contributed by atoms with Gasteiger partial charge in [0.2, 0.25) is 5.91 Å². The maximum absolute atomic E-state index is 11.7. The van der Waals surface area contributed by atoms with Crippen LogP contribution in [-0.2, 0) is 17.9 Å². The average Bonchev–Trinajstić information content (AvgIpc) is 2.93. The fraction of sp³-hybridized carbons (Fsp3) is 0.417. The molecule has 0 aliphatic heterocycles. The number of amides is 1. The van der Waals surface area contributed by atoms with E-state index in [1.807, 2.05) is 0 Å². The summed E-state index contributed by atoms with van der Waals surface area (Å²) >= 11 is 5.71. The van der Waals surface area contributed by atoms with E-state index >= 15 is 0 Å². The number of nitrogens with one attached hydrogen (secondary N) is 1. The molecule has 0 aromatic carbocycles. The molecule has 2 heterocycles. The Morgan fingerprint density at radius 3 is 2.77 bits per heavy atom. The van der Waals surface area contributed by atoms with Crippen LogP contribution in [0.2, 0.25) is 5.02 Å². The Kier molecular flexibility index (Phi) is 4.76. The summed E-state index contributed by atoms with van der Waals surface area (Å²) in [6.45, 7) is 3.94. The topological polar surface area (TPSA) is 108 Å². The minimum Gasteiger partial charge on any atom is -0.353 e. The van der Waals surface area contributed by atoms with Gasteiger partial charge in [0.1, 0.15) is 17.9 Å². The highest BCUT2D eigenvalue weighted by molar-refractivity contribution is 6.30. The summed E-state index contributed by atoms with van der Waals surface area (Å²) in [6, 6.07) is 0. The van der Waals surface area contributed by atoms with E-state index in [1.165, 1.54) is 15.6 Å². The largest absolute Gasteiger partial charge is 0.353 e. The van der Waals surface area contributed by atoms with Crippen LogP contribution in [-0.4, -0.2) is 36.9 Å². The van der Waals surface area contributed by atoms with Gasteiger partial charge in [0.05, 0.1) is 22.7 Å². The Morgan fingerprint density at radius 2 is 2.23 bits per heavy atom. The lowest BCUT2D eigenvalue weighted by Gasteiger charge is -2.06. The van der Waals surface area contributed by atoms with E-state index < -0.39 is 4.92 Å². The summed E-state index contributed by atoms with van der Waals surface area (Å²) in [6.07, 6.45) is 3.00.